The molecule has 0 bridgehead atoms. The minimum absolute atomic E-state index is 0.0845. The topological polar surface area (TPSA) is 69.0 Å². The lowest BCUT2D eigenvalue weighted by molar-refractivity contribution is 0.102. The average molecular weight is 347 g/mol. The second kappa shape index (κ2) is 6.67. The number of para-hydroxylation sites is 1. The molecular formula is C16H12ClFN4O2. The number of ether oxygens (including phenoxy) is 1. The van der Waals surface area contributed by atoms with Gasteiger partial charge in [0.05, 0.1) is 29.7 Å². The number of nitrogens with one attached hydrogen (secondary N) is 1. The molecule has 0 fully saturated rings. The molecule has 3 rings (SSSR count). The van der Waals surface area contributed by atoms with Gasteiger partial charge in [0.15, 0.2) is 5.69 Å². The monoisotopic (exact) mass is 346 g/mol. The second-order valence-electron chi connectivity index (χ2n) is 4.80. The number of amides is 1. The van der Waals surface area contributed by atoms with E-state index in [4.69, 9.17) is 16.3 Å². The Morgan fingerprint density at radius 1 is 1.29 bits per heavy atom. The highest BCUT2D eigenvalue weighted by Gasteiger charge is 2.15. The molecule has 1 N–H and O–H groups in total. The van der Waals surface area contributed by atoms with E-state index in [0.717, 1.165) is 0 Å². The molecule has 0 saturated carbocycles. The summed E-state index contributed by atoms with van der Waals surface area (Å²) in [6.07, 6.45) is 1.45. The van der Waals surface area contributed by atoms with E-state index in [0.29, 0.717) is 16.4 Å². The maximum atomic E-state index is 13.2. The van der Waals surface area contributed by atoms with Gasteiger partial charge in [-0.05, 0) is 24.3 Å². The molecule has 1 aromatic heterocycles. The third-order valence-corrected chi connectivity index (χ3v) is 3.56. The zero-order chi connectivity index (χ0) is 17.1. The van der Waals surface area contributed by atoms with Gasteiger partial charge in [-0.2, -0.15) is 0 Å². The Hall–Kier alpha value is -2.93. The molecule has 3 aromatic rings. The van der Waals surface area contributed by atoms with Gasteiger partial charge in [0.1, 0.15) is 11.6 Å². The molecule has 0 aliphatic heterocycles. The molecule has 0 unspecified atom stereocenters. The first-order valence-corrected chi connectivity index (χ1v) is 7.28. The van der Waals surface area contributed by atoms with E-state index in [1.807, 2.05) is 0 Å². The van der Waals surface area contributed by atoms with Crippen molar-refractivity contribution in [3.63, 3.8) is 0 Å². The highest BCUT2D eigenvalue weighted by molar-refractivity contribution is 6.32. The van der Waals surface area contributed by atoms with Crippen molar-refractivity contribution in [1.82, 2.24) is 15.0 Å². The minimum atomic E-state index is -0.502. The molecule has 0 radical (unpaired) electrons. The van der Waals surface area contributed by atoms with Gasteiger partial charge >= 0.3 is 0 Å². The third-order valence-electron chi connectivity index (χ3n) is 3.24. The summed E-state index contributed by atoms with van der Waals surface area (Å²) in [7, 11) is 1.39. The highest BCUT2D eigenvalue weighted by Crippen LogP contribution is 2.25. The minimum Gasteiger partial charge on any atom is -0.494 e. The van der Waals surface area contributed by atoms with Gasteiger partial charge in [-0.1, -0.05) is 28.9 Å². The Balaban J connectivity index is 1.83. The van der Waals surface area contributed by atoms with Crippen molar-refractivity contribution in [2.45, 2.75) is 0 Å². The third kappa shape index (κ3) is 3.21. The molecular weight excluding hydrogens is 335 g/mol. The SMILES string of the molecule is COc1cc(F)ccc1NC(=O)c1cn(-c2ccccc2Cl)nn1. The number of aromatic nitrogens is 3. The van der Waals surface area contributed by atoms with E-state index in [-0.39, 0.29) is 11.4 Å². The average Bonchev–Trinajstić information content (AvgIpc) is 3.06. The van der Waals surface area contributed by atoms with Crippen LogP contribution in [0.15, 0.2) is 48.7 Å². The number of rotatable bonds is 4. The number of methoxy groups -OCH3 is 1. The molecule has 0 aliphatic rings. The van der Waals surface area contributed by atoms with E-state index >= 15 is 0 Å². The first kappa shape index (κ1) is 15.9. The number of nitrogens with zero attached hydrogens (tertiary/aromatic N) is 3. The smallest absolute Gasteiger partial charge is 0.277 e. The molecule has 8 heteroatoms. The van der Waals surface area contributed by atoms with E-state index in [1.54, 1.807) is 24.3 Å². The van der Waals surface area contributed by atoms with Crippen LogP contribution in [0.4, 0.5) is 10.1 Å². The predicted molar refractivity (Wildman–Crippen MR) is 87.3 cm³/mol. The molecule has 1 amide bonds. The van der Waals surface area contributed by atoms with Crippen LogP contribution in [0.5, 0.6) is 5.75 Å². The number of carbonyl (C=O) groups is 1. The molecule has 24 heavy (non-hydrogen) atoms. The van der Waals surface area contributed by atoms with Gasteiger partial charge in [0.25, 0.3) is 5.91 Å². The summed E-state index contributed by atoms with van der Waals surface area (Å²) < 4.78 is 19.6. The van der Waals surface area contributed by atoms with Gasteiger partial charge in [-0.3, -0.25) is 4.79 Å². The molecule has 2 aromatic carbocycles. The molecule has 0 atom stereocenters. The number of halogens is 2. The van der Waals surface area contributed by atoms with Gasteiger partial charge in [0, 0.05) is 6.07 Å². The predicted octanol–water partition coefficient (Wildman–Crippen LogP) is 3.32. The lowest BCUT2D eigenvalue weighted by Gasteiger charge is -2.08. The number of benzene rings is 2. The summed E-state index contributed by atoms with van der Waals surface area (Å²) in [6, 6.07) is 10.9. The van der Waals surface area contributed by atoms with Gasteiger partial charge < -0.3 is 10.1 Å². The number of carbonyl (C=O) groups excluding carboxylic acids is 1. The Bertz CT molecular complexity index is 897. The molecule has 0 spiro atoms. The molecule has 1 heterocycles. The zero-order valence-corrected chi connectivity index (χ0v) is 13.3. The van der Waals surface area contributed by atoms with Crippen molar-refractivity contribution >= 4 is 23.2 Å². The molecule has 0 saturated heterocycles. The standard InChI is InChI=1S/C16H12ClFN4O2/c1-24-15-8-10(18)6-7-12(15)19-16(23)13-9-22(21-20-13)14-5-3-2-4-11(14)17/h2-9H,1H3,(H,19,23). The fourth-order valence-electron chi connectivity index (χ4n) is 2.08. The maximum absolute atomic E-state index is 13.2. The summed E-state index contributed by atoms with van der Waals surface area (Å²) in [5.41, 5.74) is 1.02. The van der Waals surface area contributed by atoms with Gasteiger partial charge in [-0.15, -0.1) is 5.10 Å². The fraction of sp³-hybridized carbons (Fsp3) is 0.0625. The van der Waals surface area contributed by atoms with Crippen LogP contribution in [-0.4, -0.2) is 28.0 Å². The Labute approximate surface area is 141 Å². The lowest BCUT2D eigenvalue weighted by atomic mass is 10.2. The number of hydrogen-bond donors (Lipinski definition) is 1. The van der Waals surface area contributed by atoms with Crippen LogP contribution in [0.2, 0.25) is 5.02 Å². The quantitative estimate of drug-likeness (QED) is 0.786. The van der Waals surface area contributed by atoms with Crippen molar-refractivity contribution in [3.8, 4) is 11.4 Å². The van der Waals surface area contributed by atoms with E-state index in [9.17, 15) is 9.18 Å². The Morgan fingerprint density at radius 2 is 2.08 bits per heavy atom. The maximum Gasteiger partial charge on any atom is 0.277 e. The summed E-state index contributed by atoms with van der Waals surface area (Å²) >= 11 is 6.09. The van der Waals surface area contributed by atoms with Crippen molar-refractivity contribution in [2.24, 2.45) is 0 Å². The highest BCUT2D eigenvalue weighted by atomic mass is 35.5. The van der Waals surface area contributed by atoms with Crippen LogP contribution in [0.1, 0.15) is 10.5 Å². The zero-order valence-electron chi connectivity index (χ0n) is 12.5. The number of anilines is 1. The van der Waals surface area contributed by atoms with E-state index in [2.05, 4.69) is 15.6 Å². The molecule has 0 aliphatic carbocycles. The summed E-state index contributed by atoms with van der Waals surface area (Å²) in [4.78, 5) is 12.3. The summed E-state index contributed by atoms with van der Waals surface area (Å²) in [6.45, 7) is 0. The van der Waals surface area contributed by atoms with Crippen molar-refractivity contribution in [3.05, 3.63) is 65.2 Å². The summed E-state index contributed by atoms with van der Waals surface area (Å²) in [5, 5.41) is 10.8. The largest absolute Gasteiger partial charge is 0.494 e. The summed E-state index contributed by atoms with van der Waals surface area (Å²) in [5.74, 6) is -0.755. The first-order valence-electron chi connectivity index (χ1n) is 6.90. The fourth-order valence-corrected chi connectivity index (χ4v) is 2.30. The van der Waals surface area contributed by atoms with Crippen LogP contribution in [0.3, 0.4) is 0 Å². The molecule has 122 valence electrons. The van der Waals surface area contributed by atoms with Crippen LogP contribution in [-0.2, 0) is 0 Å². The normalized spacial score (nSPS) is 10.5. The van der Waals surface area contributed by atoms with Gasteiger partial charge in [0.2, 0.25) is 0 Å². The van der Waals surface area contributed by atoms with Crippen LogP contribution < -0.4 is 10.1 Å². The van der Waals surface area contributed by atoms with E-state index in [1.165, 1.54) is 36.2 Å². The second-order valence-corrected chi connectivity index (χ2v) is 5.21. The first-order chi connectivity index (χ1) is 11.6. The molecule has 6 nitrogen and oxygen atoms in total. The van der Waals surface area contributed by atoms with Crippen molar-refractivity contribution in [2.75, 3.05) is 12.4 Å². The Kier molecular flexibility index (Phi) is 4.43. The Morgan fingerprint density at radius 3 is 2.83 bits per heavy atom. The van der Waals surface area contributed by atoms with Crippen molar-refractivity contribution < 1.29 is 13.9 Å². The van der Waals surface area contributed by atoms with Crippen LogP contribution in [0, 0.1) is 5.82 Å². The van der Waals surface area contributed by atoms with Gasteiger partial charge in [-0.25, -0.2) is 9.07 Å². The van der Waals surface area contributed by atoms with Crippen LogP contribution >= 0.6 is 11.6 Å². The number of hydrogen-bond acceptors (Lipinski definition) is 4. The van der Waals surface area contributed by atoms with Crippen molar-refractivity contribution in [1.29, 1.82) is 0 Å². The lowest BCUT2D eigenvalue weighted by Crippen LogP contribution is -2.13. The van der Waals surface area contributed by atoms with Crippen LogP contribution in [0.25, 0.3) is 5.69 Å². The van der Waals surface area contributed by atoms with E-state index < -0.39 is 11.7 Å².